The summed E-state index contributed by atoms with van der Waals surface area (Å²) in [5, 5.41) is 0. The number of carbonyl (C=O) groups is 3. The number of benzene rings is 2. The summed E-state index contributed by atoms with van der Waals surface area (Å²) in [4.78, 5) is 42.8. The number of hydrogen-bond acceptors (Lipinski definition) is 5. The molecule has 2 aliphatic heterocycles. The molecule has 0 N–H and O–H groups in total. The minimum atomic E-state index is -0.481. The Labute approximate surface area is 219 Å². The van der Waals surface area contributed by atoms with Crippen molar-refractivity contribution in [2.45, 2.75) is 58.6 Å². The lowest BCUT2D eigenvalue weighted by Crippen LogP contribution is -2.52. The molecule has 0 spiro atoms. The van der Waals surface area contributed by atoms with E-state index >= 15 is 0 Å². The standard InChI is InChI=1S/C29H37N3O5/c1-29(2,3)37-28(35)30-16-13-22(14-17-30)19-21-5-9-24(10-6-21)31-18-15-26(33)32(27(31)34)20-23-7-11-25(36-4)12-8-23/h5-12,22H,13-20H2,1-4H3. The van der Waals surface area contributed by atoms with Crippen LogP contribution in [0.15, 0.2) is 48.5 Å². The minimum Gasteiger partial charge on any atom is -0.497 e. The molecule has 8 nitrogen and oxygen atoms in total. The second-order valence-electron chi connectivity index (χ2n) is 10.8. The van der Waals surface area contributed by atoms with Crippen LogP contribution in [0.4, 0.5) is 15.3 Å². The first kappa shape index (κ1) is 26.5. The molecule has 2 saturated heterocycles. The molecule has 0 saturated carbocycles. The molecule has 2 heterocycles. The third-order valence-corrected chi connectivity index (χ3v) is 6.85. The number of urea groups is 1. The molecule has 0 radical (unpaired) electrons. The summed E-state index contributed by atoms with van der Waals surface area (Å²) in [5.74, 6) is 1.07. The summed E-state index contributed by atoms with van der Waals surface area (Å²) < 4.78 is 10.7. The number of carbonyl (C=O) groups excluding carboxylic acids is 3. The first-order valence-corrected chi connectivity index (χ1v) is 12.9. The van der Waals surface area contributed by atoms with Crippen LogP contribution in [0.1, 0.15) is 51.2 Å². The van der Waals surface area contributed by atoms with Gasteiger partial charge >= 0.3 is 12.1 Å². The van der Waals surface area contributed by atoms with Gasteiger partial charge in [0.1, 0.15) is 11.4 Å². The molecule has 0 bridgehead atoms. The molecule has 4 rings (SSSR count). The van der Waals surface area contributed by atoms with Crippen LogP contribution in [0, 0.1) is 5.92 Å². The topological polar surface area (TPSA) is 79.4 Å². The van der Waals surface area contributed by atoms with Crippen molar-refractivity contribution in [2.75, 3.05) is 31.6 Å². The van der Waals surface area contributed by atoms with Gasteiger partial charge < -0.3 is 14.4 Å². The van der Waals surface area contributed by atoms with Crippen molar-refractivity contribution in [3.05, 3.63) is 59.7 Å². The molecule has 0 atom stereocenters. The molecule has 2 aliphatic rings. The van der Waals surface area contributed by atoms with Crippen molar-refractivity contribution in [3.63, 3.8) is 0 Å². The number of hydrogen-bond donors (Lipinski definition) is 0. The van der Waals surface area contributed by atoms with Crippen LogP contribution in [0.5, 0.6) is 5.75 Å². The van der Waals surface area contributed by atoms with Gasteiger partial charge in [0.25, 0.3) is 0 Å². The Bertz CT molecular complexity index is 1100. The van der Waals surface area contributed by atoms with E-state index in [0.29, 0.717) is 32.0 Å². The molecule has 4 amide bonds. The first-order chi connectivity index (χ1) is 17.6. The van der Waals surface area contributed by atoms with E-state index in [-0.39, 0.29) is 24.6 Å². The summed E-state index contributed by atoms with van der Waals surface area (Å²) in [5.41, 5.74) is 2.39. The number of piperidine rings is 1. The number of amides is 4. The quantitative estimate of drug-likeness (QED) is 0.534. The molecule has 0 aromatic heterocycles. The van der Waals surface area contributed by atoms with Crippen molar-refractivity contribution < 1.29 is 23.9 Å². The Morgan fingerprint density at radius 3 is 2.14 bits per heavy atom. The zero-order valence-corrected chi connectivity index (χ0v) is 22.2. The molecule has 2 fully saturated rings. The number of nitrogens with zero attached hydrogens (tertiary/aromatic N) is 3. The number of anilines is 1. The third kappa shape index (κ3) is 6.81. The number of ether oxygens (including phenoxy) is 2. The van der Waals surface area contributed by atoms with Crippen molar-refractivity contribution in [1.82, 2.24) is 9.80 Å². The van der Waals surface area contributed by atoms with E-state index in [1.165, 1.54) is 10.5 Å². The van der Waals surface area contributed by atoms with E-state index in [1.807, 2.05) is 57.2 Å². The molecule has 198 valence electrons. The van der Waals surface area contributed by atoms with Crippen molar-refractivity contribution in [1.29, 1.82) is 0 Å². The second-order valence-corrected chi connectivity index (χ2v) is 10.8. The fourth-order valence-corrected chi connectivity index (χ4v) is 4.79. The van der Waals surface area contributed by atoms with Gasteiger partial charge in [-0.05, 0) is 81.3 Å². The van der Waals surface area contributed by atoms with Crippen LogP contribution in [-0.4, -0.2) is 60.2 Å². The van der Waals surface area contributed by atoms with Crippen molar-refractivity contribution in [2.24, 2.45) is 5.92 Å². The highest BCUT2D eigenvalue weighted by Gasteiger charge is 2.33. The predicted octanol–water partition coefficient (Wildman–Crippen LogP) is 5.24. The summed E-state index contributed by atoms with van der Waals surface area (Å²) in [6.45, 7) is 7.67. The Kier molecular flexibility index (Phi) is 8.05. The van der Waals surface area contributed by atoms with E-state index in [2.05, 4.69) is 12.1 Å². The highest BCUT2D eigenvalue weighted by atomic mass is 16.6. The van der Waals surface area contributed by atoms with E-state index < -0.39 is 5.60 Å². The van der Waals surface area contributed by atoms with E-state index in [9.17, 15) is 14.4 Å². The van der Waals surface area contributed by atoms with Gasteiger partial charge in [-0.25, -0.2) is 9.59 Å². The largest absolute Gasteiger partial charge is 0.497 e. The average Bonchev–Trinajstić information content (AvgIpc) is 2.87. The zero-order chi connectivity index (χ0) is 26.6. The van der Waals surface area contributed by atoms with Gasteiger partial charge in [-0.2, -0.15) is 0 Å². The monoisotopic (exact) mass is 507 g/mol. The lowest BCUT2D eigenvalue weighted by Gasteiger charge is -2.34. The molecule has 2 aromatic carbocycles. The fraction of sp³-hybridized carbons (Fsp3) is 0.483. The van der Waals surface area contributed by atoms with Gasteiger partial charge in [0.15, 0.2) is 0 Å². The Hall–Kier alpha value is -3.55. The molecule has 0 aliphatic carbocycles. The summed E-state index contributed by atoms with van der Waals surface area (Å²) in [6, 6.07) is 15.1. The molecular formula is C29H37N3O5. The van der Waals surface area contributed by atoms with Crippen molar-refractivity contribution >= 4 is 23.7 Å². The highest BCUT2D eigenvalue weighted by Crippen LogP contribution is 2.27. The van der Waals surface area contributed by atoms with Gasteiger partial charge in [-0.1, -0.05) is 24.3 Å². The number of rotatable bonds is 6. The Balaban J connectivity index is 1.32. The van der Waals surface area contributed by atoms with Crippen LogP contribution >= 0.6 is 0 Å². The second kappa shape index (κ2) is 11.2. The fourth-order valence-electron chi connectivity index (χ4n) is 4.79. The van der Waals surface area contributed by atoms with Crippen LogP contribution in [0.2, 0.25) is 0 Å². The van der Waals surface area contributed by atoms with E-state index in [4.69, 9.17) is 9.47 Å². The predicted molar refractivity (Wildman–Crippen MR) is 142 cm³/mol. The summed E-state index contributed by atoms with van der Waals surface area (Å²) >= 11 is 0. The van der Waals surface area contributed by atoms with Crippen LogP contribution in [0.25, 0.3) is 0 Å². The SMILES string of the molecule is COc1ccc(CN2C(=O)CCN(c3ccc(CC4CCN(C(=O)OC(C)(C)C)CC4)cc3)C2=O)cc1. The normalized spacial score (nSPS) is 17.2. The average molecular weight is 508 g/mol. The smallest absolute Gasteiger partial charge is 0.410 e. The molecule has 0 unspecified atom stereocenters. The maximum absolute atomic E-state index is 13.2. The maximum atomic E-state index is 13.2. The van der Waals surface area contributed by atoms with Gasteiger partial charge in [-0.15, -0.1) is 0 Å². The third-order valence-electron chi connectivity index (χ3n) is 6.85. The van der Waals surface area contributed by atoms with E-state index in [1.54, 1.807) is 16.9 Å². The Morgan fingerprint density at radius 1 is 0.919 bits per heavy atom. The van der Waals surface area contributed by atoms with Crippen LogP contribution in [0.3, 0.4) is 0 Å². The lowest BCUT2D eigenvalue weighted by molar-refractivity contribution is -0.129. The van der Waals surface area contributed by atoms with Crippen LogP contribution < -0.4 is 9.64 Å². The Morgan fingerprint density at radius 2 is 1.54 bits per heavy atom. The van der Waals surface area contributed by atoms with Gasteiger partial charge in [0.05, 0.1) is 13.7 Å². The molecule has 8 heteroatoms. The van der Waals surface area contributed by atoms with E-state index in [0.717, 1.165) is 36.3 Å². The molecular weight excluding hydrogens is 470 g/mol. The summed E-state index contributed by atoms with van der Waals surface area (Å²) in [6.07, 6.45) is 2.86. The highest BCUT2D eigenvalue weighted by molar-refractivity contribution is 6.05. The number of methoxy groups -OCH3 is 1. The molecule has 2 aromatic rings. The minimum absolute atomic E-state index is 0.161. The summed E-state index contributed by atoms with van der Waals surface area (Å²) in [7, 11) is 1.60. The maximum Gasteiger partial charge on any atom is 0.410 e. The van der Waals surface area contributed by atoms with Crippen LogP contribution in [-0.2, 0) is 22.5 Å². The van der Waals surface area contributed by atoms with Crippen molar-refractivity contribution in [3.8, 4) is 5.75 Å². The van der Waals surface area contributed by atoms with Gasteiger partial charge in [-0.3, -0.25) is 14.6 Å². The first-order valence-electron chi connectivity index (χ1n) is 12.9. The number of imide groups is 1. The van der Waals surface area contributed by atoms with Gasteiger partial charge in [0.2, 0.25) is 5.91 Å². The lowest BCUT2D eigenvalue weighted by atomic mass is 9.90. The van der Waals surface area contributed by atoms with Gasteiger partial charge in [0, 0.05) is 31.7 Å². The zero-order valence-electron chi connectivity index (χ0n) is 22.2. The molecule has 37 heavy (non-hydrogen) atoms. The number of likely N-dealkylation sites (tertiary alicyclic amines) is 1.